The van der Waals surface area contributed by atoms with E-state index in [9.17, 15) is 9.59 Å². The lowest BCUT2D eigenvalue weighted by molar-refractivity contribution is 0.103. The van der Waals surface area contributed by atoms with Crippen LogP contribution in [0.5, 0.6) is 0 Å². The lowest BCUT2D eigenvalue weighted by Crippen LogP contribution is -2.17. The number of amides is 1. The molecule has 0 saturated heterocycles. The summed E-state index contributed by atoms with van der Waals surface area (Å²) in [5.41, 5.74) is 3.57. The number of fused-ring (bicyclic) bond motifs is 1. The summed E-state index contributed by atoms with van der Waals surface area (Å²) in [6.45, 7) is 1.79. The van der Waals surface area contributed by atoms with E-state index in [0.717, 1.165) is 12.0 Å². The van der Waals surface area contributed by atoms with Gasteiger partial charge in [0.25, 0.3) is 11.5 Å². The normalized spacial score (nSPS) is 10.9. The first-order valence-corrected chi connectivity index (χ1v) is 9.58. The number of nitrogens with zero attached hydrogens (tertiary/aromatic N) is 3. The highest BCUT2D eigenvalue weighted by Gasteiger charge is 2.19. The minimum atomic E-state index is -0.232. The lowest BCUT2D eigenvalue weighted by Gasteiger charge is -2.06. The minimum absolute atomic E-state index is 0.140. The molecule has 0 aliphatic rings. The van der Waals surface area contributed by atoms with Gasteiger partial charge in [0, 0.05) is 25.1 Å². The topological polar surface area (TPSA) is 76.9 Å². The Labute approximate surface area is 165 Å². The fourth-order valence-electron chi connectivity index (χ4n) is 3.06. The summed E-state index contributed by atoms with van der Waals surface area (Å²) in [6, 6.07) is 11.7. The third-order valence-corrected chi connectivity index (χ3v) is 5.78. The number of benzene rings is 1. The summed E-state index contributed by atoms with van der Waals surface area (Å²) in [5.74, 6) is -0.232. The van der Waals surface area contributed by atoms with E-state index in [0.29, 0.717) is 26.3 Å². The summed E-state index contributed by atoms with van der Waals surface area (Å²) < 4.78 is 1.42. The molecule has 3 heterocycles. The Bertz CT molecular complexity index is 1210. The summed E-state index contributed by atoms with van der Waals surface area (Å²) in [7, 11) is 1.65. The number of carbonyl (C=O) groups is 1. The molecule has 140 valence electrons. The second-order valence-electron chi connectivity index (χ2n) is 6.58. The van der Waals surface area contributed by atoms with E-state index in [-0.39, 0.29) is 11.5 Å². The zero-order valence-electron chi connectivity index (χ0n) is 15.5. The number of nitrogens with one attached hydrogen (secondary N) is 1. The van der Waals surface area contributed by atoms with Crippen molar-refractivity contribution in [2.75, 3.05) is 5.32 Å². The molecule has 0 aliphatic heterocycles. The SMILES string of the molecule is Cc1c(C(=O)Nc2ccc(Cc3ccncc3)cc2)sc2ncn(C)c(=O)c12. The number of carbonyl (C=O) groups excluding carboxylic acids is 1. The van der Waals surface area contributed by atoms with Crippen molar-refractivity contribution in [2.45, 2.75) is 13.3 Å². The summed E-state index contributed by atoms with van der Waals surface area (Å²) in [4.78, 5) is 34.4. The van der Waals surface area contributed by atoms with Gasteiger partial charge in [0.15, 0.2) is 0 Å². The number of anilines is 1. The number of pyridine rings is 1. The molecule has 0 spiro atoms. The zero-order valence-corrected chi connectivity index (χ0v) is 16.3. The van der Waals surface area contributed by atoms with Gasteiger partial charge in [0.05, 0.1) is 16.6 Å². The van der Waals surface area contributed by atoms with Gasteiger partial charge in [-0.2, -0.15) is 0 Å². The predicted octanol–water partition coefficient (Wildman–Crippen LogP) is 3.54. The number of aryl methyl sites for hydroxylation is 2. The maximum absolute atomic E-state index is 12.7. The fraction of sp³-hybridized carbons (Fsp3) is 0.143. The van der Waals surface area contributed by atoms with Crippen LogP contribution in [-0.2, 0) is 13.5 Å². The second kappa shape index (κ2) is 7.36. The van der Waals surface area contributed by atoms with Crippen molar-refractivity contribution in [3.63, 3.8) is 0 Å². The van der Waals surface area contributed by atoms with E-state index in [1.165, 1.54) is 27.8 Å². The highest BCUT2D eigenvalue weighted by molar-refractivity contribution is 7.20. The quantitative estimate of drug-likeness (QED) is 0.578. The van der Waals surface area contributed by atoms with Crippen molar-refractivity contribution in [2.24, 2.45) is 7.05 Å². The number of aromatic nitrogens is 3. The zero-order chi connectivity index (χ0) is 19.7. The maximum atomic E-state index is 12.7. The summed E-state index contributed by atoms with van der Waals surface area (Å²) in [5, 5.41) is 3.42. The van der Waals surface area contributed by atoms with Crippen molar-refractivity contribution >= 4 is 33.1 Å². The van der Waals surface area contributed by atoms with Crippen LogP contribution < -0.4 is 10.9 Å². The van der Waals surface area contributed by atoms with Crippen LogP contribution in [0.3, 0.4) is 0 Å². The molecule has 7 heteroatoms. The number of hydrogen-bond acceptors (Lipinski definition) is 5. The Hall–Kier alpha value is -3.32. The molecule has 1 aromatic carbocycles. The molecule has 6 nitrogen and oxygen atoms in total. The molecule has 4 aromatic rings. The van der Waals surface area contributed by atoms with Gasteiger partial charge in [-0.3, -0.25) is 14.6 Å². The Morgan fingerprint density at radius 2 is 1.79 bits per heavy atom. The first-order chi connectivity index (χ1) is 13.5. The molecule has 0 radical (unpaired) electrons. The van der Waals surface area contributed by atoms with Gasteiger partial charge in [-0.05, 0) is 54.3 Å². The molecule has 0 bridgehead atoms. The van der Waals surface area contributed by atoms with Crippen molar-refractivity contribution in [3.8, 4) is 0 Å². The second-order valence-corrected chi connectivity index (χ2v) is 7.58. The molecule has 0 fully saturated rings. The van der Waals surface area contributed by atoms with Crippen LogP contribution in [0.15, 0.2) is 59.9 Å². The highest BCUT2D eigenvalue weighted by atomic mass is 32.1. The number of thiophene rings is 1. The van der Waals surface area contributed by atoms with Gasteiger partial charge in [-0.15, -0.1) is 11.3 Å². The molecule has 1 N–H and O–H groups in total. The lowest BCUT2D eigenvalue weighted by atomic mass is 10.1. The molecule has 0 aliphatic carbocycles. The Balaban J connectivity index is 1.54. The monoisotopic (exact) mass is 390 g/mol. The highest BCUT2D eigenvalue weighted by Crippen LogP contribution is 2.27. The predicted molar refractivity (Wildman–Crippen MR) is 111 cm³/mol. The van der Waals surface area contributed by atoms with Gasteiger partial charge in [0.2, 0.25) is 0 Å². The molecule has 0 unspecified atom stereocenters. The van der Waals surface area contributed by atoms with Gasteiger partial charge in [-0.25, -0.2) is 4.98 Å². The van der Waals surface area contributed by atoms with Crippen LogP contribution in [0, 0.1) is 6.92 Å². The first-order valence-electron chi connectivity index (χ1n) is 8.77. The molecule has 1 amide bonds. The number of rotatable bonds is 4. The Kier molecular flexibility index (Phi) is 4.75. The van der Waals surface area contributed by atoms with Crippen molar-refractivity contribution < 1.29 is 4.79 Å². The van der Waals surface area contributed by atoms with Crippen LogP contribution in [0.2, 0.25) is 0 Å². The third kappa shape index (κ3) is 3.44. The van der Waals surface area contributed by atoms with E-state index >= 15 is 0 Å². The average molecular weight is 390 g/mol. The Morgan fingerprint density at radius 1 is 1.11 bits per heavy atom. The van der Waals surface area contributed by atoms with Crippen molar-refractivity contribution in [1.82, 2.24) is 14.5 Å². The van der Waals surface area contributed by atoms with Crippen LogP contribution in [0.25, 0.3) is 10.2 Å². The van der Waals surface area contributed by atoms with E-state index in [1.807, 2.05) is 36.4 Å². The van der Waals surface area contributed by atoms with Crippen LogP contribution in [-0.4, -0.2) is 20.4 Å². The molecule has 0 atom stereocenters. The maximum Gasteiger partial charge on any atom is 0.266 e. The van der Waals surface area contributed by atoms with Gasteiger partial charge < -0.3 is 9.88 Å². The minimum Gasteiger partial charge on any atom is -0.321 e. The van der Waals surface area contributed by atoms with Crippen LogP contribution in [0.4, 0.5) is 5.69 Å². The standard InChI is InChI=1S/C21H18N4O2S/c1-13-17-20(23-12-25(2)21(17)27)28-18(13)19(26)24-16-5-3-14(4-6-16)11-15-7-9-22-10-8-15/h3-10,12H,11H2,1-2H3,(H,24,26). The molecule has 0 saturated carbocycles. The van der Waals surface area contributed by atoms with E-state index < -0.39 is 0 Å². The first kappa shape index (κ1) is 18.1. The molecule has 4 rings (SSSR count). The van der Waals surface area contributed by atoms with Crippen molar-refractivity contribution in [3.05, 3.63) is 87.0 Å². The molecule has 3 aromatic heterocycles. The summed E-state index contributed by atoms with van der Waals surface area (Å²) in [6.07, 6.45) is 5.84. The van der Waals surface area contributed by atoms with Gasteiger partial charge in [0.1, 0.15) is 4.83 Å². The Morgan fingerprint density at radius 3 is 2.50 bits per heavy atom. The van der Waals surface area contributed by atoms with Crippen LogP contribution in [0.1, 0.15) is 26.4 Å². The molecular formula is C21H18N4O2S. The van der Waals surface area contributed by atoms with Gasteiger partial charge in [-0.1, -0.05) is 12.1 Å². The van der Waals surface area contributed by atoms with Crippen molar-refractivity contribution in [1.29, 1.82) is 0 Å². The molecular weight excluding hydrogens is 372 g/mol. The molecule has 28 heavy (non-hydrogen) atoms. The van der Waals surface area contributed by atoms with Crippen LogP contribution >= 0.6 is 11.3 Å². The summed E-state index contributed by atoms with van der Waals surface area (Å²) >= 11 is 1.24. The number of hydrogen-bond donors (Lipinski definition) is 1. The third-order valence-electron chi connectivity index (χ3n) is 4.59. The smallest absolute Gasteiger partial charge is 0.266 e. The van der Waals surface area contributed by atoms with E-state index in [4.69, 9.17) is 0 Å². The fourth-order valence-corrected chi connectivity index (χ4v) is 4.09. The van der Waals surface area contributed by atoms with E-state index in [2.05, 4.69) is 15.3 Å². The largest absolute Gasteiger partial charge is 0.321 e. The van der Waals surface area contributed by atoms with Gasteiger partial charge >= 0.3 is 0 Å². The average Bonchev–Trinajstić information content (AvgIpc) is 3.04. The van der Waals surface area contributed by atoms with E-state index in [1.54, 1.807) is 26.4 Å².